The van der Waals surface area contributed by atoms with E-state index in [9.17, 15) is 9.59 Å². The number of carbonyl (C=O) groups is 2. The van der Waals surface area contributed by atoms with Gasteiger partial charge in [-0.3, -0.25) is 9.59 Å². The van der Waals surface area contributed by atoms with Crippen molar-refractivity contribution in [1.82, 2.24) is 4.98 Å². The van der Waals surface area contributed by atoms with Crippen LogP contribution in [0.1, 0.15) is 32.4 Å². The third-order valence-corrected chi connectivity index (χ3v) is 5.49. The van der Waals surface area contributed by atoms with Gasteiger partial charge in [0.1, 0.15) is 10.7 Å². The maximum atomic E-state index is 12.5. The number of aromatic nitrogens is 1. The molecule has 0 aliphatic rings. The first-order valence-corrected chi connectivity index (χ1v) is 8.98. The van der Waals surface area contributed by atoms with Gasteiger partial charge in [0, 0.05) is 10.7 Å². The van der Waals surface area contributed by atoms with Crippen molar-refractivity contribution in [2.24, 2.45) is 16.7 Å². The van der Waals surface area contributed by atoms with E-state index in [0.717, 1.165) is 11.3 Å². The molecular weight excluding hydrogens is 394 g/mol. The van der Waals surface area contributed by atoms with Crippen molar-refractivity contribution < 1.29 is 9.59 Å². The van der Waals surface area contributed by atoms with E-state index in [-0.39, 0.29) is 22.9 Å². The highest BCUT2D eigenvalue weighted by molar-refractivity contribution is 7.81. The summed E-state index contributed by atoms with van der Waals surface area (Å²) in [6, 6.07) is 5.10. The molecule has 1 amide bonds. The van der Waals surface area contributed by atoms with Crippen molar-refractivity contribution in [2.45, 2.75) is 20.3 Å². The summed E-state index contributed by atoms with van der Waals surface area (Å²) < 4.78 is 0. The molecule has 2 aromatic rings. The summed E-state index contributed by atoms with van der Waals surface area (Å²) in [5.74, 6) is 4.39. The number of Topliss-reactive ketones (excluding diaryl/α,β-unsaturated/α-hetero) is 1. The maximum absolute atomic E-state index is 12.5. The number of nitrogens with two attached hydrogens (primary N) is 2. The molecule has 0 bridgehead atoms. The highest BCUT2D eigenvalue weighted by atomic mass is 35.5. The number of ketones is 1. The van der Waals surface area contributed by atoms with E-state index in [1.54, 1.807) is 32.0 Å². The molecule has 0 fully saturated rings. The molecule has 10 heteroatoms. The van der Waals surface area contributed by atoms with Gasteiger partial charge in [0.25, 0.3) is 5.91 Å². The Morgan fingerprint density at radius 3 is 2.65 bits per heavy atom. The van der Waals surface area contributed by atoms with Crippen LogP contribution in [-0.2, 0) is 4.79 Å². The van der Waals surface area contributed by atoms with Gasteiger partial charge in [-0.1, -0.05) is 29.9 Å². The largest absolute Gasteiger partial charge is 0.387 e. The number of nitrogens with zero attached hydrogens (tertiary/aromatic N) is 2. The summed E-state index contributed by atoms with van der Waals surface area (Å²) in [6.07, 6.45) is -0.276. The number of thiazole rings is 1. The number of amides is 1. The lowest BCUT2D eigenvalue weighted by atomic mass is 10.1. The molecule has 0 spiro atoms. The standard InChI is InChI=1S/C16H16ClN5O2S2/c1-7-9(17)4-3-5-10(7)21-15(24)11(22-19)6-12(23)13-8(2)20-16(26-13)14(18)25/h3-5H,6,19H2,1-2H3,(H2,18,25)(H,21,24)/b22-11+. The quantitative estimate of drug-likeness (QED) is 0.221. The fourth-order valence-corrected chi connectivity index (χ4v) is 3.32. The van der Waals surface area contributed by atoms with Crippen LogP contribution in [0, 0.1) is 13.8 Å². The number of aryl methyl sites for hydroxylation is 1. The Balaban J connectivity index is 2.16. The van der Waals surface area contributed by atoms with E-state index in [2.05, 4.69) is 15.4 Å². The van der Waals surface area contributed by atoms with Gasteiger partial charge >= 0.3 is 0 Å². The molecular formula is C16H16ClN5O2S2. The number of hydrogen-bond acceptors (Lipinski definition) is 7. The first kappa shape index (κ1) is 20.0. The Bertz CT molecular complexity index is 923. The Labute approximate surface area is 164 Å². The minimum absolute atomic E-state index is 0.110. The minimum Gasteiger partial charge on any atom is -0.387 e. The van der Waals surface area contributed by atoms with Crippen molar-refractivity contribution >= 4 is 63.2 Å². The second-order valence-electron chi connectivity index (χ2n) is 5.34. The smallest absolute Gasteiger partial charge is 0.272 e. The molecule has 136 valence electrons. The minimum atomic E-state index is -0.581. The van der Waals surface area contributed by atoms with E-state index >= 15 is 0 Å². The summed E-state index contributed by atoms with van der Waals surface area (Å²) in [5.41, 5.74) is 7.13. The molecule has 2 rings (SSSR count). The SMILES string of the molecule is Cc1nc(C(N)=S)sc1C(=O)C/C(=N\N)C(=O)Nc1cccc(Cl)c1C. The number of halogens is 1. The summed E-state index contributed by atoms with van der Waals surface area (Å²) in [7, 11) is 0. The number of benzene rings is 1. The number of thiocarbonyl (C=S) groups is 1. The van der Waals surface area contributed by atoms with E-state index in [1.165, 1.54) is 0 Å². The third-order valence-electron chi connectivity index (χ3n) is 3.52. The summed E-state index contributed by atoms with van der Waals surface area (Å²) >= 11 is 12.0. The Hall–Kier alpha value is -2.36. The van der Waals surface area contributed by atoms with E-state index in [0.29, 0.717) is 31.9 Å². The van der Waals surface area contributed by atoms with Crippen LogP contribution in [0.15, 0.2) is 23.3 Å². The zero-order valence-corrected chi connectivity index (χ0v) is 16.4. The van der Waals surface area contributed by atoms with Crippen LogP contribution in [0.25, 0.3) is 0 Å². The van der Waals surface area contributed by atoms with Gasteiger partial charge in [-0.05, 0) is 31.5 Å². The molecule has 1 aromatic heterocycles. The van der Waals surface area contributed by atoms with Gasteiger partial charge in [-0.25, -0.2) is 4.98 Å². The van der Waals surface area contributed by atoms with E-state index in [1.807, 2.05) is 0 Å². The summed E-state index contributed by atoms with van der Waals surface area (Å²) in [6.45, 7) is 3.43. The van der Waals surface area contributed by atoms with Crippen LogP contribution in [0.5, 0.6) is 0 Å². The molecule has 5 N–H and O–H groups in total. The zero-order chi connectivity index (χ0) is 19.4. The zero-order valence-electron chi connectivity index (χ0n) is 14.0. The second-order valence-corrected chi connectivity index (χ2v) is 7.19. The van der Waals surface area contributed by atoms with Gasteiger partial charge in [0.15, 0.2) is 10.8 Å². The van der Waals surface area contributed by atoms with E-state index < -0.39 is 5.91 Å². The molecule has 7 nitrogen and oxygen atoms in total. The topological polar surface area (TPSA) is 123 Å². The predicted octanol–water partition coefficient (Wildman–Crippen LogP) is 2.57. The van der Waals surface area contributed by atoms with Crippen LogP contribution in [0.2, 0.25) is 5.02 Å². The summed E-state index contributed by atoms with van der Waals surface area (Å²) in [5, 5.41) is 7.02. The van der Waals surface area contributed by atoms with Crippen LogP contribution < -0.4 is 16.9 Å². The Kier molecular flexibility index (Phi) is 6.41. The molecule has 0 aliphatic carbocycles. The van der Waals surface area contributed by atoms with Crippen LogP contribution in [0.4, 0.5) is 5.69 Å². The van der Waals surface area contributed by atoms with Gasteiger partial charge in [0.2, 0.25) is 0 Å². The van der Waals surface area contributed by atoms with Crippen LogP contribution in [-0.4, -0.2) is 27.4 Å². The van der Waals surface area contributed by atoms with Crippen molar-refractivity contribution in [3.63, 3.8) is 0 Å². The predicted molar refractivity (Wildman–Crippen MR) is 108 cm³/mol. The average molecular weight is 410 g/mol. The Morgan fingerprint density at radius 2 is 2.08 bits per heavy atom. The summed E-state index contributed by atoms with van der Waals surface area (Å²) in [4.78, 5) is 29.5. The number of hydrazone groups is 1. The molecule has 0 saturated carbocycles. The van der Waals surface area contributed by atoms with Gasteiger partial charge in [0.05, 0.1) is 17.0 Å². The molecule has 1 aromatic carbocycles. The molecule has 0 radical (unpaired) electrons. The lowest BCUT2D eigenvalue weighted by molar-refractivity contribution is -0.110. The van der Waals surface area contributed by atoms with Gasteiger partial charge in [-0.15, -0.1) is 11.3 Å². The van der Waals surface area contributed by atoms with Gasteiger partial charge < -0.3 is 16.9 Å². The highest BCUT2D eigenvalue weighted by Crippen LogP contribution is 2.23. The van der Waals surface area contributed by atoms with Crippen molar-refractivity contribution in [3.8, 4) is 0 Å². The lowest BCUT2D eigenvalue weighted by Crippen LogP contribution is -2.27. The average Bonchev–Trinajstić information content (AvgIpc) is 2.98. The monoisotopic (exact) mass is 409 g/mol. The lowest BCUT2D eigenvalue weighted by Gasteiger charge is -2.10. The van der Waals surface area contributed by atoms with Crippen LogP contribution in [0.3, 0.4) is 0 Å². The number of anilines is 1. The molecule has 26 heavy (non-hydrogen) atoms. The maximum Gasteiger partial charge on any atom is 0.272 e. The molecule has 1 heterocycles. The second kappa shape index (κ2) is 8.35. The molecule has 0 unspecified atom stereocenters. The van der Waals surface area contributed by atoms with Crippen molar-refractivity contribution in [1.29, 1.82) is 0 Å². The number of rotatable bonds is 6. The fourth-order valence-electron chi connectivity index (χ4n) is 2.11. The number of nitrogens with one attached hydrogen (secondary N) is 1. The van der Waals surface area contributed by atoms with Crippen molar-refractivity contribution in [2.75, 3.05) is 5.32 Å². The molecule has 0 atom stereocenters. The fraction of sp³-hybridized carbons (Fsp3) is 0.188. The highest BCUT2D eigenvalue weighted by Gasteiger charge is 2.22. The first-order valence-electron chi connectivity index (χ1n) is 7.38. The number of carbonyl (C=O) groups excluding carboxylic acids is 2. The Morgan fingerprint density at radius 1 is 1.38 bits per heavy atom. The third kappa shape index (κ3) is 4.43. The van der Waals surface area contributed by atoms with Crippen LogP contribution >= 0.6 is 35.2 Å². The van der Waals surface area contributed by atoms with E-state index in [4.69, 9.17) is 35.4 Å². The normalized spacial score (nSPS) is 11.3. The first-order chi connectivity index (χ1) is 12.2. The number of hydrogen-bond donors (Lipinski definition) is 3. The van der Waals surface area contributed by atoms with Crippen molar-refractivity contribution in [3.05, 3.63) is 44.4 Å². The van der Waals surface area contributed by atoms with Gasteiger partial charge in [-0.2, -0.15) is 5.10 Å². The molecule has 0 saturated heterocycles. The molecule has 0 aliphatic heterocycles.